The van der Waals surface area contributed by atoms with Crippen LogP contribution in [0, 0.1) is 6.92 Å². The Labute approximate surface area is 90.1 Å². The van der Waals surface area contributed by atoms with Crippen LogP contribution in [0.1, 0.15) is 30.1 Å². The van der Waals surface area contributed by atoms with Gasteiger partial charge in [0, 0.05) is 6.54 Å². The maximum absolute atomic E-state index is 11.0. The lowest BCUT2D eigenvalue weighted by Gasteiger charge is -2.21. The molecule has 0 spiro atoms. The van der Waals surface area contributed by atoms with Crippen LogP contribution < -0.4 is 0 Å². The minimum absolute atomic E-state index is 0.387. The molecule has 0 fully saturated rings. The van der Waals surface area contributed by atoms with E-state index in [2.05, 4.69) is 20.9 Å². The maximum atomic E-state index is 11.0. The number of hydrogen-bond acceptors (Lipinski definition) is 2. The lowest BCUT2D eigenvalue weighted by Crippen LogP contribution is -2.22. The molecule has 1 aromatic heterocycles. The van der Waals surface area contributed by atoms with Gasteiger partial charge in [0.05, 0.1) is 17.3 Å². The van der Waals surface area contributed by atoms with Gasteiger partial charge >= 0.3 is 5.97 Å². The number of imidazole rings is 1. The zero-order valence-electron chi connectivity index (χ0n) is 7.83. The van der Waals surface area contributed by atoms with E-state index in [0.29, 0.717) is 6.42 Å². The fourth-order valence-corrected chi connectivity index (χ4v) is 2.67. The fourth-order valence-electron chi connectivity index (χ4n) is 2.03. The van der Waals surface area contributed by atoms with E-state index in [0.717, 1.165) is 29.1 Å². The molecule has 0 amide bonds. The third kappa shape index (κ3) is 1.35. The second kappa shape index (κ2) is 3.38. The van der Waals surface area contributed by atoms with Gasteiger partial charge in [-0.05, 0) is 35.7 Å². The van der Waals surface area contributed by atoms with Crippen molar-refractivity contribution < 1.29 is 9.90 Å². The first-order valence-electron chi connectivity index (χ1n) is 4.56. The van der Waals surface area contributed by atoms with E-state index < -0.39 is 5.97 Å². The van der Waals surface area contributed by atoms with E-state index in [9.17, 15) is 4.79 Å². The highest BCUT2D eigenvalue weighted by Gasteiger charge is 2.30. The summed E-state index contributed by atoms with van der Waals surface area (Å²) >= 11 is 3.34. The Morgan fingerprint density at radius 1 is 1.71 bits per heavy atom. The molecule has 1 unspecified atom stereocenters. The normalized spacial score (nSPS) is 20.6. The van der Waals surface area contributed by atoms with Gasteiger partial charge in [0.1, 0.15) is 0 Å². The van der Waals surface area contributed by atoms with Crippen LogP contribution >= 0.6 is 15.9 Å². The number of hydrogen-bond donors (Lipinski definition) is 1. The minimum Gasteiger partial charge on any atom is -0.481 e. The van der Waals surface area contributed by atoms with Gasteiger partial charge in [-0.15, -0.1) is 0 Å². The molecule has 2 heterocycles. The summed E-state index contributed by atoms with van der Waals surface area (Å²) in [6.07, 6.45) is 1.62. The third-order valence-corrected chi connectivity index (χ3v) is 3.25. The molecule has 0 aliphatic carbocycles. The summed E-state index contributed by atoms with van der Waals surface area (Å²) in [5.74, 6) is -1.14. The maximum Gasteiger partial charge on any atom is 0.312 e. The van der Waals surface area contributed by atoms with Crippen LogP contribution in [0.3, 0.4) is 0 Å². The largest absolute Gasteiger partial charge is 0.481 e. The quantitative estimate of drug-likeness (QED) is 0.838. The van der Waals surface area contributed by atoms with Crippen LogP contribution in [-0.4, -0.2) is 20.6 Å². The summed E-state index contributed by atoms with van der Waals surface area (Å²) in [5.41, 5.74) is 1.68. The molecule has 0 aromatic carbocycles. The molecule has 1 N–H and O–H groups in total. The molecule has 76 valence electrons. The van der Waals surface area contributed by atoms with Gasteiger partial charge in [0.15, 0.2) is 4.73 Å². The predicted molar refractivity (Wildman–Crippen MR) is 54.3 cm³/mol. The molecule has 1 aromatic rings. The molecule has 0 bridgehead atoms. The van der Waals surface area contributed by atoms with Crippen molar-refractivity contribution in [2.24, 2.45) is 0 Å². The molecular formula is C9H11BrN2O2. The van der Waals surface area contributed by atoms with Crippen molar-refractivity contribution in [3.05, 3.63) is 16.1 Å². The van der Waals surface area contributed by atoms with E-state index >= 15 is 0 Å². The number of carbonyl (C=O) groups is 1. The highest BCUT2D eigenvalue weighted by Crippen LogP contribution is 2.32. The van der Waals surface area contributed by atoms with Crippen molar-refractivity contribution in [3.8, 4) is 0 Å². The molecule has 4 nitrogen and oxygen atoms in total. The summed E-state index contributed by atoms with van der Waals surface area (Å²) in [7, 11) is 0. The van der Waals surface area contributed by atoms with Gasteiger partial charge in [0.2, 0.25) is 0 Å². The lowest BCUT2D eigenvalue weighted by atomic mass is 9.95. The molecule has 1 atom stereocenters. The lowest BCUT2D eigenvalue weighted by molar-refractivity contribution is -0.139. The standard InChI is InChI=1S/C9H11BrN2O2/c1-5-7-6(8(13)14)3-2-4-12(7)9(10)11-5/h6H,2-4H2,1H3,(H,13,14). The molecular weight excluding hydrogens is 248 g/mol. The number of carboxylic acids is 1. The third-order valence-electron chi connectivity index (χ3n) is 2.65. The Kier molecular flexibility index (Phi) is 2.34. The highest BCUT2D eigenvalue weighted by molar-refractivity contribution is 9.10. The summed E-state index contributed by atoms with van der Waals surface area (Å²) in [4.78, 5) is 15.3. The molecule has 0 saturated heterocycles. The Bertz CT molecular complexity index is 386. The van der Waals surface area contributed by atoms with Crippen LogP contribution in [0.4, 0.5) is 0 Å². The van der Waals surface area contributed by atoms with Crippen LogP contribution in [0.5, 0.6) is 0 Å². The number of aromatic nitrogens is 2. The van der Waals surface area contributed by atoms with E-state index in [4.69, 9.17) is 5.11 Å². The van der Waals surface area contributed by atoms with E-state index in [1.54, 1.807) is 0 Å². The van der Waals surface area contributed by atoms with E-state index in [1.165, 1.54) is 0 Å². The average Bonchev–Trinajstić information content (AvgIpc) is 2.43. The number of aryl methyl sites for hydroxylation is 1. The first kappa shape index (κ1) is 9.71. The summed E-state index contributed by atoms with van der Waals surface area (Å²) in [6, 6.07) is 0. The summed E-state index contributed by atoms with van der Waals surface area (Å²) in [6.45, 7) is 2.72. The number of aliphatic carboxylic acids is 1. The predicted octanol–water partition coefficient (Wildman–Crippen LogP) is 1.92. The summed E-state index contributed by atoms with van der Waals surface area (Å²) in [5, 5.41) is 9.06. The van der Waals surface area contributed by atoms with Crippen LogP contribution in [0.2, 0.25) is 0 Å². The van der Waals surface area contributed by atoms with Gasteiger partial charge in [0.25, 0.3) is 0 Å². The molecule has 0 saturated carbocycles. The molecule has 1 aliphatic rings. The van der Waals surface area contributed by atoms with Crippen molar-refractivity contribution in [1.82, 2.24) is 9.55 Å². The molecule has 5 heteroatoms. The molecule has 1 aliphatic heterocycles. The van der Waals surface area contributed by atoms with Crippen molar-refractivity contribution >= 4 is 21.9 Å². The Morgan fingerprint density at radius 2 is 2.43 bits per heavy atom. The van der Waals surface area contributed by atoms with Gasteiger partial charge < -0.3 is 9.67 Å². The highest BCUT2D eigenvalue weighted by atomic mass is 79.9. The van der Waals surface area contributed by atoms with Gasteiger partial charge in [-0.1, -0.05) is 0 Å². The number of fused-ring (bicyclic) bond motifs is 1. The molecule has 2 rings (SSSR count). The first-order chi connectivity index (χ1) is 6.61. The van der Waals surface area contributed by atoms with Gasteiger partial charge in [-0.3, -0.25) is 4.79 Å². The summed E-state index contributed by atoms with van der Waals surface area (Å²) < 4.78 is 2.70. The smallest absolute Gasteiger partial charge is 0.312 e. The first-order valence-corrected chi connectivity index (χ1v) is 5.36. The molecule has 14 heavy (non-hydrogen) atoms. The number of halogens is 1. The average molecular weight is 259 g/mol. The van der Waals surface area contributed by atoms with Crippen LogP contribution in [-0.2, 0) is 11.3 Å². The Morgan fingerprint density at radius 3 is 3.07 bits per heavy atom. The fraction of sp³-hybridized carbons (Fsp3) is 0.556. The van der Waals surface area contributed by atoms with E-state index in [1.807, 2.05) is 11.5 Å². The Balaban J connectivity index is 2.53. The zero-order valence-corrected chi connectivity index (χ0v) is 9.41. The minimum atomic E-state index is -0.749. The second-order valence-corrected chi connectivity index (χ2v) is 4.25. The van der Waals surface area contributed by atoms with Crippen molar-refractivity contribution in [2.45, 2.75) is 32.2 Å². The van der Waals surface area contributed by atoms with Crippen molar-refractivity contribution in [1.29, 1.82) is 0 Å². The second-order valence-electron chi connectivity index (χ2n) is 3.54. The molecule has 0 radical (unpaired) electrons. The number of nitrogens with zero attached hydrogens (tertiary/aromatic N) is 2. The van der Waals surface area contributed by atoms with Crippen LogP contribution in [0.15, 0.2) is 4.73 Å². The topological polar surface area (TPSA) is 55.1 Å². The van der Waals surface area contributed by atoms with Crippen molar-refractivity contribution in [3.63, 3.8) is 0 Å². The van der Waals surface area contributed by atoms with E-state index in [-0.39, 0.29) is 5.92 Å². The number of rotatable bonds is 1. The SMILES string of the molecule is Cc1nc(Br)n2c1C(C(=O)O)CCC2. The van der Waals surface area contributed by atoms with Gasteiger partial charge in [-0.2, -0.15) is 0 Å². The Hall–Kier alpha value is -0.840. The van der Waals surface area contributed by atoms with Gasteiger partial charge in [-0.25, -0.2) is 4.98 Å². The van der Waals surface area contributed by atoms with Crippen molar-refractivity contribution in [2.75, 3.05) is 0 Å². The monoisotopic (exact) mass is 258 g/mol. The number of carboxylic acid groups (broad SMARTS) is 1. The zero-order chi connectivity index (χ0) is 10.3. The van der Waals surface area contributed by atoms with Crippen LogP contribution in [0.25, 0.3) is 0 Å².